The van der Waals surface area contributed by atoms with Crippen LogP contribution in [0.2, 0.25) is 0 Å². The van der Waals surface area contributed by atoms with Crippen LogP contribution >= 0.6 is 11.8 Å². The molecule has 0 aromatic heterocycles. The third-order valence-corrected chi connectivity index (χ3v) is 5.24. The molecule has 2 rings (SSSR count). The first-order valence-corrected chi connectivity index (χ1v) is 11.1. The quantitative estimate of drug-likeness (QED) is 0.396. The molecule has 2 amide bonds. The lowest BCUT2D eigenvalue weighted by Crippen LogP contribution is -2.26. The van der Waals surface area contributed by atoms with Crippen molar-refractivity contribution < 1.29 is 19.1 Å². The van der Waals surface area contributed by atoms with Gasteiger partial charge >= 0.3 is 5.97 Å². The van der Waals surface area contributed by atoms with Crippen LogP contribution in [0.15, 0.2) is 54.6 Å². The van der Waals surface area contributed by atoms with Crippen molar-refractivity contribution in [2.24, 2.45) is 0 Å². The maximum Gasteiger partial charge on any atom is 0.315 e. The number of carbonyl (C=O) groups excluding carboxylic acids is 3. The first-order chi connectivity index (χ1) is 14.6. The third-order valence-electron chi connectivity index (χ3n) is 4.34. The fourth-order valence-electron chi connectivity index (χ4n) is 2.78. The average Bonchev–Trinajstić information content (AvgIpc) is 2.76. The van der Waals surface area contributed by atoms with E-state index in [0.29, 0.717) is 13.0 Å². The molecule has 0 aliphatic heterocycles. The van der Waals surface area contributed by atoms with Crippen molar-refractivity contribution in [1.82, 2.24) is 5.32 Å². The van der Waals surface area contributed by atoms with E-state index in [2.05, 4.69) is 15.4 Å². The summed E-state index contributed by atoms with van der Waals surface area (Å²) in [6.45, 7) is 0.568. The summed E-state index contributed by atoms with van der Waals surface area (Å²) in [6, 6.07) is 17.9. The fourth-order valence-corrected chi connectivity index (χ4v) is 3.46. The Kier molecular flexibility index (Phi) is 10.5. The van der Waals surface area contributed by atoms with Crippen LogP contribution < -0.4 is 10.6 Å². The van der Waals surface area contributed by atoms with Crippen LogP contribution in [0.5, 0.6) is 0 Å². The average molecular weight is 429 g/mol. The molecule has 2 aromatic carbocycles. The number of rotatable bonds is 12. The molecule has 0 unspecified atom stereocenters. The second-order valence-corrected chi connectivity index (χ2v) is 7.71. The summed E-state index contributed by atoms with van der Waals surface area (Å²) in [5.41, 5.74) is 2.96. The van der Waals surface area contributed by atoms with Crippen LogP contribution in [0, 0.1) is 0 Å². The van der Waals surface area contributed by atoms with E-state index in [-0.39, 0.29) is 29.3 Å². The Labute approximate surface area is 181 Å². The summed E-state index contributed by atoms with van der Waals surface area (Å²) in [4.78, 5) is 34.8. The van der Waals surface area contributed by atoms with E-state index in [4.69, 9.17) is 0 Å². The Hall–Kier alpha value is -2.80. The Morgan fingerprint density at radius 3 is 2.40 bits per heavy atom. The predicted octanol–water partition coefficient (Wildman–Crippen LogP) is 3.87. The Morgan fingerprint density at radius 1 is 0.867 bits per heavy atom. The zero-order valence-electron chi connectivity index (χ0n) is 17.2. The molecule has 7 heteroatoms. The molecule has 0 fully saturated rings. The zero-order valence-corrected chi connectivity index (χ0v) is 18.0. The topological polar surface area (TPSA) is 84.5 Å². The zero-order chi connectivity index (χ0) is 21.6. The van der Waals surface area contributed by atoms with Gasteiger partial charge in [-0.2, -0.15) is 0 Å². The first-order valence-electron chi connectivity index (χ1n) is 9.95. The minimum absolute atomic E-state index is 0.0107. The first kappa shape index (κ1) is 23.5. The monoisotopic (exact) mass is 428 g/mol. The molecule has 0 radical (unpaired) electrons. The lowest BCUT2D eigenvalue weighted by molar-refractivity contribution is -0.137. The predicted molar refractivity (Wildman–Crippen MR) is 121 cm³/mol. The van der Waals surface area contributed by atoms with E-state index in [9.17, 15) is 14.4 Å². The van der Waals surface area contributed by atoms with Crippen molar-refractivity contribution in [3.63, 3.8) is 0 Å². The Balaban J connectivity index is 1.59. The molecule has 0 heterocycles. The standard InChI is InChI=1S/C23H28N2O4S/c1-29-23(28)17-30-16-22(27)24-14-7-3-6-13-21(26)25-20-12-8-11-19(15-20)18-9-4-2-5-10-18/h2,4-5,8-12,15H,3,6-7,13-14,16-17H2,1H3,(H,24,27)(H,25,26). The molecule has 0 saturated heterocycles. The molecule has 0 bridgehead atoms. The number of amides is 2. The van der Waals surface area contributed by atoms with Crippen molar-refractivity contribution in [1.29, 1.82) is 0 Å². The SMILES string of the molecule is COC(=O)CSCC(=O)NCCCCCC(=O)Nc1cccc(-c2ccccc2)c1. The van der Waals surface area contributed by atoms with E-state index < -0.39 is 0 Å². The minimum Gasteiger partial charge on any atom is -0.468 e. The van der Waals surface area contributed by atoms with Crippen LogP contribution in [0.25, 0.3) is 11.1 Å². The second kappa shape index (κ2) is 13.4. The fraction of sp³-hybridized carbons (Fsp3) is 0.348. The van der Waals surface area contributed by atoms with Crippen LogP contribution in [0.4, 0.5) is 5.69 Å². The molecule has 160 valence electrons. The summed E-state index contributed by atoms with van der Waals surface area (Å²) in [5.74, 6) is -0.0337. The highest BCUT2D eigenvalue weighted by Gasteiger charge is 2.06. The number of methoxy groups -OCH3 is 1. The highest BCUT2D eigenvalue weighted by atomic mass is 32.2. The molecule has 0 aliphatic carbocycles. The number of carbonyl (C=O) groups is 3. The minimum atomic E-state index is -0.335. The largest absolute Gasteiger partial charge is 0.468 e. The van der Waals surface area contributed by atoms with E-state index in [1.165, 1.54) is 18.9 Å². The van der Waals surface area contributed by atoms with Crippen molar-refractivity contribution in [3.8, 4) is 11.1 Å². The molecule has 0 spiro atoms. The van der Waals surface area contributed by atoms with E-state index in [1.807, 2.05) is 54.6 Å². The van der Waals surface area contributed by atoms with Crippen molar-refractivity contribution in [3.05, 3.63) is 54.6 Å². The molecular weight excluding hydrogens is 400 g/mol. The molecule has 0 aliphatic rings. The van der Waals surface area contributed by atoms with Gasteiger partial charge in [0.1, 0.15) is 0 Å². The van der Waals surface area contributed by atoms with Crippen molar-refractivity contribution in [2.45, 2.75) is 25.7 Å². The third kappa shape index (κ3) is 9.13. The van der Waals surface area contributed by atoms with Gasteiger partial charge in [0.2, 0.25) is 11.8 Å². The number of benzene rings is 2. The number of anilines is 1. The number of ether oxygens (including phenoxy) is 1. The molecular formula is C23H28N2O4S. The van der Waals surface area contributed by atoms with Crippen LogP contribution in [0.3, 0.4) is 0 Å². The summed E-state index contributed by atoms with van der Waals surface area (Å²) < 4.78 is 4.52. The number of unbranched alkanes of at least 4 members (excludes halogenated alkanes) is 2. The summed E-state index contributed by atoms with van der Waals surface area (Å²) in [6.07, 6.45) is 2.87. The maximum absolute atomic E-state index is 12.2. The molecule has 2 N–H and O–H groups in total. The van der Waals surface area contributed by atoms with Crippen molar-refractivity contribution >= 4 is 35.2 Å². The molecule has 0 atom stereocenters. The summed E-state index contributed by atoms with van der Waals surface area (Å²) in [7, 11) is 1.32. The van der Waals surface area contributed by atoms with Crippen LogP contribution in [-0.4, -0.2) is 42.9 Å². The number of hydrogen-bond acceptors (Lipinski definition) is 5. The molecule has 0 saturated carbocycles. The maximum atomic E-state index is 12.2. The molecule has 6 nitrogen and oxygen atoms in total. The normalized spacial score (nSPS) is 10.3. The Bertz CT molecular complexity index is 827. The van der Waals surface area contributed by atoms with Gasteiger partial charge < -0.3 is 15.4 Å². The molecule has 2 aromatic rings. The van der Waals surface area contributed by atoms with Gasteiger partial charge in [-0.25, -0.2) is 0 Å². The highest BCUT2D eigenvalue weighted by Crippen LogP contribution is 2.22. The van der Waals surface area contributed by atoms with E-state index in [0.717, 1.165) is 36.1 Å². The van der Waals surface area contributed by atoms with Crippen LogP contribution in [0.1, 0.15) is 25.7 Å². The van der Waals surface area contributed by atoms with E-state index >= 15 is 0 Å². The lowest BCUT2D eigenvalue weighted by Gasteiger charge is -2.08. The van der Waals surface area contributed by atoms with Gasteiger partial charge in [0.25, 0.3) is 0 Å². The van der Waals surface area contributed by atoms with Gasteiger partial charge in [-0.15, -0.1) is 11.8 Å². The second-order valence-electron chi connectivity index (χ2n) is 6.72. The van der Waals surface area contributed by atoms with Gasteiger partial charge in [0.05, 0.1) is 18.6 Å². The Morgan fingerprint density at radius 2 is 1.63 bits per heavy atom. The highest BCUT2D eigenvalue weighted by molar-refractivity contribution is 8.00. The number of nitrogens with one attached hydrogen (secondary N) is 2. The van der Waals surface area contributed by atoms with Gasteiger partial charge in [0, 0.05) is 18.7 Å². The summed E-state index contributed by atoms with van der Waals surface area (Å²) in [5, 5.41) is 5.76. The van der Waals surface area contributed by atoms with Gasteiger partial charge in [0.15, 0.2) is 0 Å². The molecule has 30 heavy (non-hydrogen) atoms. The lowest BCUT2D eigenvalue weighted by atomic mass is 10.1. The smallest absolute Gasteiger partial charge is 0.315 e. The van der Waals surface area contributed by atoms with Gasteiger partial charge in [-0.1, -0.05) is 48.9 Å². The number of esters is 1. The summed E-state index contributed by atoms with van der Waals surface area (Å²) >= 11 is 1.23. The van der Waals surface area contributed by atoms with Crippen molar-refractivity contribution in [2.75, 3.05) is 30.5 Å². The van der Waals surface area contributed by atoms with Crippen LogP contribution in [-0.2, 0) is 19.1 Å². The van der Waals surface area contributed by atoms with Gasteiger partial charge in [-0.05, 0) is 36.1 Å². The van der Waals surface area contributed by atoms with E-state index in [1.54, 1.807) is 0 Å². The number of hydrogen-bond donors (Lipinski definition) is 2. The number of thioether (sulfide) groups is 1. The van der Waals surface area contributed by atoms with Gasteiger partial charge in [-0.3, -0.25) is 14.4 Å².